The number of aromatic nitrogens is 2. The number of fused-ring (bicyclic) bond motifs is 1. The molecule has 0 bridgehead atoms. The number of hydrogen-bond acceptors (Lipinski definition) is 6. The fraction of sp³-hybridized carbons (Fsp3) is 0.621. The van der Waals surface area contributed by atoms with E-state index < -0.39 is 28.8 Å². The number of benzene rings is 1. The molecule has 1 aromatic carbocycles. The molecule has 0 radical (unpaired) electrons. The number of halogens is 1. The van der Waals surface area contributed by atoms with Gasteiger partial charge >= 0.3 is 6.09 Å². The van der Waals surface area contributed by atoms with Crippen molar-refractivity contribution in [3.8, 4) is 5.75 Å². The van der Waals surface area contributed by atoms with E-state index in [4.69, 9.17) is 19.7 Å². The van der Waals surface area contributed by atoms with Gasteiger partial charge in [-0.25, -0.2) is 14.2 Å². The zero-order valence-corrected chi connectivity index (χ0v) is 25.3. The highest BCUT2D eigenvalue weighted by Crippen LogP contribution is 2.30. The van der Waals surface area contributed by atoms with E-state index in [0.717, 1.165) is 19.4 Å². The van der Waals surface area contributed by atoms with E-state index in [-0.39, 0.29) is 30.5 Å². The first-order chi connectivity index (χ1) is 19.1. The van der Waals surface area contributed by atoms with E-state index in [0.29, 0.717) is 29.1 Å². The molecule has 4 atom stereocenters. The van der Waals surface area contributed by atoms with Gasteiger partial charge < -0.3 is 30.2 Å². The number of nitrogens with zero attached hydrogens (tertiary/aromatic N) is 2. The highest BCUT2D eigenvalue weighted by Gasteiger charge is 2.41. The number of ether oxygens (including phenoxy) is 1. The second-order valence-corrected chi connectivity index (χ2v) is 11.3. The Balaban J connectivity index is 0.000000374. The summed E-state index contributed by atoms with van der Waals surface area (Å²) in [5, 5.41) is 18.2. The number of carboxylic acid groups (broad SMARTS) is 2. The largest absolute Gasteiger partial charge is 0.497 e. The molecule has 1 aliphatic heterocycles. The first-order valence-corrected chi connectivity index (χ1v) is 13.7. The number of aromatic amines is 1. The number of H-pyrrole nitrogens is 1. The van der Waals surface area contributed by atoms with Crippen molar-refractivity contribution in [3.05, 3.63) is 34.2 Å². The van der Waals surface area contributed by atoms with Crippen molar-refractivity contribution in [2.24, 2.45) is 11.3 Å². The molecule has 230 valence electrons. The van der Waals surface area contributed by atoms with Crippen molar-refractivity contribution in [1.29, 1.82) is 0 Å². The minimum absolute atomic E-state index is 0.0629. The van der Waals surface area contributed by atoms with Gasteiger partial charge in [0.05, 0.1) is 18.1 Å². The molecule has 1 saturated heterocycles. The SMILES string of the molecule is CCC1CCN(C(=O)[C@@H](NC(=O)O)C(C)(C)C)C1C.CCCC(C)(F)c1nc2ccc(OC)cc2[nH]c1=O.O=CO. The highest BCUT2D eigenvalue weighted by molar-refractivity contribution is 5.86. The molecule has 11 nitrogen and oxygen atoms in total. The van der Waals surface area contributed by atoms with Crippen molar-refractivity contribution < 1.29 is 33.7 Å². The van der Waals surface area contributed by atoms with Crippen molar-refractivity contribution >= 4 is 29.5 Å². The molecular formula is C29H45FN4O7. The van der Waals surface area contributed by atoms with E-state index in [1.54, 1.807) is 25.3 Å². The number of carbonyl (C=O) groups is 3. The lowest BCUT2D eigenvalue weighted by atomic mass is 9.85. The summed E-state index contributed by atoms with van der Waals surface area (Å²) in [5.74, 6) is 1.04. The summed E-state index contributed by atoms with van der Waals surface area (Å²) < 4.78 is 19.5. The number of rotatable bonds is 7. The maximum Gasteiger partial charge on any atom is 0.405 e. The summed E-state index contributed by atoms with van der Waals surface area (Å²) >= 11 is 0. The molecule has 12 heteroatoms. The minimum Gasteiger partial charge on any atom is -0.497 e. The topological polar surface area (TPSA) is 162 Å². The molecule has 0 saturated carbocycles. The zero-order valence-electron chi connectivity index (χ0n) is 25.3. The molecule has 1 aromatic heterocycles. The molecule has 2 heterocycles. The Labute approximate surface area is 240 Å². The van der Waals surface area contributed by atoms with Crippen LogP contribution in [0, 0.1) is 11.3 Å². The van der Waals surface area contributed by atoms with E-state index in [9.17, 15) is 18.8 Å². The van der Waals surface area contributed by atoms with Gasteiger partial charge in [-0.1, -0.05) is 47.5 Å². The van der Waals surface area contributed by atoms with Crippen LogP contribution in [-0.4, -0.2) is 69.3 Å². The lowest BCUT2D eigenvalue weighted by Gasteiger charge is -2.35. The summed E-state index contributed by atoms with van der Waals surface area (Å²) in [6.45, 7) is 13.6. The summed E-state index contributed by atoms with van der Waals surface area (Å²) in [6.07, 6.45) is 1.83. The van der Waals surface area contributed by atoms with E-state index in [2.05, 4.69) is 29.1 Å². The summed E-state index contributed by atoms with van der Waals surface area (Å²) in [4.78, 5) is 52.5. The maximum atomic E-state index is 14.5. The van der Waals surface area contributed by atoms with Gasteiger partial charge in [0.1, 0.15) is 17.5 Å². The Morgan fingerprint density at radius 3 is 2.37 bits per heavy atom. The van der Waals surface area contributed by atoms with Gasteiger partial charge in [-0.05, 0) is 50.2 Å². The number of likely N-dealkylation sites (tertiary alicyclic amines) is 1. The molecule has 3 rings (SSSR count). The van der Waals surface area contributed by atoms with Gasteiger partial charge in [-0.2, -0.15) is 0 Å². The summed E-state index contributed by atoms with van der Waals surface area (Å²) in [7, 11) is 1.54. The lowest BCUT2D eigenvalue weighted by Crippen LogP contribution is -2.55. The van der Waals surface area contributed by atoms with Gasteiger partial charge in [0, 0.05) is 18.7 Å². The Hall–Kier alpha value is -3.70. The van der Waals surface area contributed by atoms with Crippen LogP contribution in [0.4, 0.5) is 9.18 Å². The maximum absolute atomic E-state index is 14.5. The Kier molecular flexibility index (Phi) is 13.2. The Bertz CT molecular complexity index is 1230. The smallest absolute Gasteiger partial charge is 0.405 e. The van der Waals surface area contributed by atoms with Gasteiger partial charge in [-0.15, -0.1) is 0 Å². The second-order valence-electron chi connectivity index (χ2n) is 11.3. The van der Waals surface area contributed by atoms with Crippen LogP contribution in [0.2, 0.25) is 0 Å². The predicted octanol–water partition coefficient (Wildman–Crippen LogP) is 4.93. The van der Waals surface area contributed by atoms with Crippen LogP contribution >= 0.6 is 0 Å². The molecule has 0 aliphatic carbocycles. The number of methoxy groups -OCH3 is 1. The normalized spacial score (nSPS) is 18.6. The van der Waals surface area contributed by atoms with Gasteiger partial charge in [-0.3, -0.25) is 14.4 Å². The Morgan fingerprint density at radius 2 is 1.90 bits per heavy atom. The van der Waals surface area contributed by atoms with Crippen molar-refractivity contribution in [1.82, 2.24) is 20.2 Å². The highest BCUT2D eigenvalue weighted by atomic mass is 19.1. The van der Waals surface area contributed by atoms with E-state index in [1.165, 1.54) is 6.92 Å². The van der Waals surface area contributed by atoms with Crippen molar-refractivity contribution in [3.63, 3.8) is 0 Å². The molecule has 4 N–H and O–H groups in total. The van der Waals surface area contributed by atoms with Gasteiger partial charge in [0.25, 0.3) is 12.0 Å². The van der Waals surface area contributed by atoms with E-state index in [1.807, 2.05) is 32.6 Å². The van der Waals surface area contributed by atoms with Crippen LogP contribution in [-0.2, 0) is 15.3 Å². The van der Waals surface area contributed by atoms with Crippen LogP contribution in [0.5, 0.6) is 5.75 Å². The zero-order chi connectivity index (χ0) is 31.5. The third kappa shape index (κ3) is 9.72. The Morgan fingerprint density at radius 1 is 1.29 bits per heavy atom. The van der Waals surface area contributed by atoms with Crippen molar-refractivity contribution in [2.45, 2.75) is 91.9 Å². The van der Waals surface area contributed by atoms with Crippen LogP contribution in [0.25, 0.3) is 11.0 Å². The number of nitrogens with one attached hydrogen (secondary N) is 2. The summed E-state index contributed by atoms with van der Waals surface area (Å²) in [6, 6.07) is 4.60. The van der Waals surface area contributed by atoms with Gasteiger partial charge in [0.15, 0.2) is 5.67 Å². The second kappa shape index (κ2) is 15.3. The monoisotopic (exact) mass is 580 g/mol. The van der Waals surface area contributed by atoms with E-state index >= 15 is 0 Å². The number of hydrogen-bond donors (Lipinski definition) is 4. The van der Waals surface area contributed by atoms with Gasteiger partial charge in [0.2, 0.25) is 5.91 Å². The number of carbonyl (C=O) groups excluding carboxylic acids is 1. The molecule has 2 aromatic rings. The third-order valence-corrected chi connectivity index (χ3v) is 7.22. The summed E-state index contributed by atoms with van der Waals surface area (Å²) in [5.41, 5.74) is -1.60. The van der Waals surface area contributed by atoms with Crippen LogP contribution < -0.4 is 15.6 Å². The standard InChI is InChI=1S/C14H17FN2O2.C14H26N2O3.CH2O2/c1-4-7-14(2,15)12-13(18)17-11-8-9(19-3)5-6-10(11)16-12;1-6-10-7-8-16(9(10)2)12(17)11(14(3,4)5)15-13(18)19;2-1-3/h5-6,8H,4,7H2,1-3H3,(H,17,18);9-11,15H,6-8H2,1-5H3,(H,18,19);1H,(H,2,3)/t;9?,10?,11-;/m.1./s1. The van der Waals surface area contributed by atoms with Crippen LogP contribution in [0.15, 0.2) is 23.0 Å². The molecule has 1 fully saturated rings. The molecule has 0 spiro atoms. The molecule has 1 aliphatic rings. The molecule has 3 unspecified atom stereocenters. The quantitative estimate of drug-likeness (QED) is 0.335. The average Bonchev–Trinajstić information content (AvgIpc) is 3.26. The molecule has 2 amide bonds. The fourth-order valence-corrected chi connectivity index (χ4v) is 4.93. The number of alkyl halides is 1. The third-order valence-electron chi connectivity index (χ3n) is 7.22. The molecular weight excluding hydrogens is 535 g/mol. The first-order valence-electron chi connectivity index (χ1n) is 13.7. The fourth-order valence-electron chi connectivity index (χ4n) is 4.93. The average molecular weight is 581 g/mol. The lowest BCUT2D eigenvalue weighted by molar-refractivity contribution is -0.136. The van der Waals surface area contributed by atoms with Crippen LogP contribution in [0.3, 0.4) is 0 Å². The first kappa shape index (κ1) is 35.3. The number of amides is 2. The van der Waals surface area contributed by atoms with Crippen LogP contribution in [0.1, 0.15) is 79.8 Å². The minimum atomic E-state index is -1.71. The molecule has 41 heavy (non-hydrogen) atoms. The predicted molar refractivity (Wildman–Crippen MR) is 155 cm³/mol. The van der Waals surface area contributed by atoms with Crippen molar-refractivity contribution in [2.75, 3.05) is 13.7 Å².